The molecule has 0 unspecified atom stereocenters. The highest BCUT2D eigenvalue weighted by Crippen LogP contribution is 2.45. The summed E-state index contributed by atoms with van der Waals surface area (Å²) in [5.41, 5.74) is 5.62. The molecule has 0 radical (unpaired) electrons. The fourth-order valence-corrected chi connectivity index (χ4v) is 5.93. The van der Waals surface area contributed by atoms with E-state index in [1.165, 1.54) is 10.5 Å². The number of anilines is 1. The summed E-state index contributed by atoms with van der Waals surface area (Å²) >= 11 is 0. The number of benzene rings is 3. The first-order valence-electron chi connectivity index (χ1n) is 13.6. The number of carbonyl (C=O) groups is 3. The smallest absolute Gasteiger partial charge is 0.332 e. The molecule has 8 nitrogen and oxygen atoms in total. The number of aromatic amines is 1. The van der Waals surface area contributed by atoms with Crippen molar-refractivity contribution in [3.8, 4) is 0 Å². The van der Waals surface area contributed by atoms with Gasteiger partial charge in [-0.15, -0.1) is 0 Å². The minimum atomic E-state index is -0.696. The van der Waals surface area contributed by atoms with Gasteiger partial charge >= 0.3 is 6.03 Å². The number of hydrogen-bond acceptors (Lipinski definition) is 4. The van der Waals surface area contributed by atoms with E-state index in [0.29, 0.717) is 25.5 Å². The third kappa shape index (κ3) is 4.16. The van der Waals surface area contributed by atoms with Crippen molar-refractivity contribution >= 4 is 34.4 Å². The first-order chi connectivity index (χ1) is 19.4. The number of methoxy groups -OCH3 is 1. The number of hydrogen-bond donors (Lipinski definition) is 2. The molecule has 2 atom stereocenters. The largest absolute Gasteiger partial charge is 0.383 e. The molecule has 1 aromatic heterocycles. The van der Waals surface area contributed by atoms with E-state index < -0.39 is 18.1 Å². The van der Waals surface area contributed by atoms with Crippen LogP contribution in [0.5, 0.6) is 0 Å². The van der Waals surface area contributed by atoms with Gasteiger partial charge in [0, 0.05) is 36.7 Å². The van der Waals surface area contributed by atoms with Crippen LogP contribution in [0.3, 0.4) is 0 Å². The normalized spacial score (nSPS) is 18.4. The van der Waals surface area contributed by atoms with Crippen LogP contribution < -0.4 is 10.2 Å². The number of para-hydroxylation sites is 2. The van der Waals surface area contributed by atoms with Crippen molar-refractivity contribution in [2.24, 2.45) is 0 Å². The van der Waals surface area contributed by atoms with Gasteiger partial charge in [-0.25, -0.2) is 9.69 Å². The lowest BCUT2D eigenvalue weighted by molar-refractivity contribution is -0.120. The molecule has 0 saturated carbocycles. The Bertz CT molecular complexity index is 1610. The first kappa shape index (κ1) is 25.8. The number of imide groups is 1. The van der Waals surface area contributed by atoms with E-state index in [2.05, 4.69) is 54.5 Å². The van der Waals surface area contributed by atoms with E-state index >= 15 is 0 Å². The summed E-state index contributed by atoms with van der Waals surface area (Å²) < 4.78 is 5.04. The van der Waals surface area contributed by atoms with E-state index in [0.717, 1.165) is 27.7 Å². The molecule has 1 saturated heterocycles. The number of aromatic nitrogens is 1. The summed E-state index contributed by atoms with van der Waals surface area (Å²) in [4.78, 5) is 47.8. The van der Waals surface area contributed by atoms with Gasteiger partial charge in [0.05, 0.1) is 17.9 Å². The zero-order chi connectivity index (χ0) is 28.0. The Morgan fingerprint density at radius 3 is 2.50 bits per heavy atom. The maximum Gasteiger partial charge on any atom is 0.332 e. The minimum Gasteiger partial charge on any atom is -0.383 e. The van der Waals surface area contributed by atoms with Crippen LogP contribution in [0.2, 0.25) is 0 Å². The molecule has 0 aliphatic carbocycles. The number of H-pyrrole nitrogens is 1. The molecular formula is C32H32N4O4. The second-order valence-electron chi connectivity index (χ2n) is 10.6. The summed E-state index contributed by atoms with van der Waals surface area (Å²) in [5.74, 6) is -0.328. The predicted octanol–water partition coefficient (Wildman–Crippen LogP) is 5.15. The topological polar surface area (TPSA) is 94.7 Å². The van der Waals surface area contributed by atoms with Gasteiger partial charge in [0.15, 0.2) is 0 Å². The molecule has 6 rings (SSSR count). The standard InChI is InChI=1S/C32H32N4O4/c1-19(2)20-12-14-21(15-13-20)29-28-24(22-8-4-6-10-25(22)34-28)18-27-31(38)36(32(39)35(27)29)26-11-7-5-9-23(26)30(37)33-16-17-40-3/h4-15,19,27,29,34H,16-18H2,1-3H3,(H,33,37)/t27-,29+/m0/s1. The number of carbonyl (C=O) groups excluding carboxylic acids is 3. The Morgan fingerprint density at radius 2 is 1.75 bits per heavy atom. The van der Waals surface area contributed by atoms with Crippen LogP contribution >= 0.6 is 0 Å². The molecule has 0 spiro atoms. The molecule has 0 bridgehead atoms. The number of urea groups is 1. The summed E-state index contributed by atoms with van der Waals surface area (Å²) in [6.45, 7) is 4.96. The molecule has 40 heavy (non-hydrogen) atoms. The Kier molecular flexibility index (Phi) is 6.64. The number of ether oxygens (including phenoxy) is 1. The summed E-state index contributed by atoms with van der Waals surface area (Å²) in [6.07, 6.45) is 0.392. The van der Waals surface area contributed by atoms with Gasteiger partial charge < -0.3 is 15.0 Å². The van der Waals surface area contributed by atoms with Gasteiger partial charge in [-0.3, -0.25) is 14.5 Å². The number of nitrogens with zero attached hydrogens (tertiary/aromatic N) is 2. The van der Waals surface area contributed by atoms with Gasteiger partial charge in [-0.05, 0) is 40.8 Å². The second kappa shape index (κ2) is 10.3. The zero-order valence-electron chi connectivity index (χ0n) is 22.8. The van der Waals surface area contributed by atoms with Crippen LogP contribution in [-0.2, 0) is 16.0 Å². The third-order valence-electron chi connectivity index (χ3n) is 7.95. The summed E-state index contributed by atoms with van der Waals surface area (Å²) in [6, 6.07) is 21.5. The van der Waals surface area contributed by atoms with Gasteiger partial charge in [0.2, 0.25) is 0 Å². The molecule has 4 aromatic rings. The van der Waals surface area contributed by atoms with E-state index in [4.69, 9.17) is 4.74 Å². The van der Waals surface area contributed by atoms with Crippen LogP contribution in [0.4, 0.5) is 10.5 Å². The highest BCUT2D eigenvalue weighted by Gasteiger charge is 2.53. The lowest BCUT2D eigenvalue weighted by Crippen LogP contribution is -2.44. The molecule has 2 N–H and O–H groups in total. The van der Waals surface area contributed by atoms with Gasteiger partial charge in [-0.1, -0.05) is 68.4 Å². The number of nitrogens with one attached hydrogen (secondary N) is 2. The predicted molar refractivity (Wildman–Crippen MR) is 154 cm³/mol. The van der Waals surface area contributed by atoms with Crippen LogP contribution in [0.1, 0.15) is 58.5 Å². The molecule has 2 aliphatic rings. The van der Waals surface area contributed by atoms with Gasteiger partial charge in [0.25, 0.3) is 11.8 Å². The van der Waals surface area contributed by atoms with E-state index in [-0.39, 0.29) is 23.1 Å². The van der Waals surface area contributed by atoms with Crippen molar-refractivity contribution in [2.75, 3.05) is 25.2 Å². The Hall–Kier alpha value is -4.43. The fraction of sp³-hybridized carbons (Fsp3) is 0.281. The van der Waals surface area contributed by atoms with Crippen molar-refractivity contribution in [2.45, 2.75) is 38.3 Å². The Balaban J connectivity index is 1.45. The highest BCUT2D eigenvalue weighted by molar-refractivity contribution is 6.24. The monoisotopic (exact) mass is 536 g/mol. The summed E-state index contributed by atoms with van der Waals surface area (Å²) in [7, 11) is 1.56. The van der Waals surface area contributed by atoms with E-state index in [1.807, 2.05) is 18.2 Å². The van der Waals surface area contributed by atoms with Crippen LogP contribution in [0, 0.1) is 0 Å². The quantitative estimate of drug-likeness (QED) is 0.252. The average Bonchev–Trinajstić information content (AvgIpc) is 3.46. The van der Waals surface area contributed by atoms with Gasteiger partial charge in [-0.2, -0.15) is 0 Å². The lowest BCUT2D eigenvalue weighted by atomic mass is 9.88. The maximum absolute atomic E-state index is 14.2. The molecule has 2 aliphatic heterocycles. The molecular weight excluding hydrogens is 504 g/mol. The zero-order valence-corrected chi connectivity index (χ0v) is 22.8. The summed E-state index contributed by atoms with van der Waals surface area (Å²) in [5, 5.41) is 3.86. The third-order valence-corrected chi connectivity index (χ3v) is 7.95. The van der Waals surface area contributed by atoms with E-state index in [9.17, 15) is 14.4 Å². The van der Waals surface area contributed by atoms with Crippen molar-refractivity contribution in [3.63, 3.8) is 0 Å². The Morgan fingerprint density at radius 1 is 1.02 bits per heavy atom. The Labute approximate surface area is 232 Å². The van der Waals surface area contributed by atoms with Gasteiger partial charge in [0.1, 0.15) is 12.1 Å². The molecule has 204 valence electrons. The van der Waals surface area contributed by atoms with Crippen molar-refractivity contribution in [1.82, 2.24) is 15.2 Å². The van der Waals surface area contributed by atoms with Crippen molar-refractivity contribution < 1.29 is 19.1 Å². The number of amides is 4. The molecule has 8 heteroatoms. The molecule has 1 fully saturated rings. The van der Waals surface area contributed by atoms with Crippen LogP contribution in [-0.4, -0.2) is 54.0 Å². The van der Waals surface area contributed by atoms with Crippen molar-refractivity contribution in [1.29, 1.82) is 0 Å². The number of rotatable bonds is 7. The van der Waals surface area contributed by atoms with Crippen molar-refractivity contribution in [3.05, 3.63) is 101 Å². The SMILES string of the molecule is COCCNC(=O)c1ccccc1N1C(=O)[C@@H]2Cc3c([nH]c4ccccc34)[C@@H](c3ccc(C(C)C)cc3)N2C1=O. The maximum atomic E-state index is 14.2. The second-order valence-corrected chi connectivity index (χ2v) is 10.6. The number of fused-ring (bicyclic) bond motifs is 4. The lowest BCUT2D eigenvalue weighted by Gasteiger charge is -2.36. The fourth-order valence-electron chi connectivity index (χ4n) is 5.93. The molecule has 3 heterocycles. The molecule has 3 aromatic carbocycles. The molecule has 4 amide bonds. The average molecular weight is 537 g/mol. The highest BCUT2D eigenvalue weighted by atomic mass is 16.5. The van der Waals surface area contributed by atoms with Crippen LogP contribution in [0.15, 0.2) is 72.8 Å². The minimum absolute atomic E-state index is 0.266. The van der Waals surface area contributed by atoms with E-state index in [1.54, 1.807) is 36.3 Å². The first-order valence-corrected chi connectivity index (χ1v) is 13.6. The van der Waals surface area contributed by atoms with Crippen LogP contribution in [0.25, 0.3) is 10.9 Å².